The molecule has 2 aliphatic rings. The number of hydrogen-bond donors (Lipinski definition) is 0. The second-order valence-electron chi connectivity index (χ2n) is 9.30. The van der Waals surface area contributed by atoms with Gasteiger partial charge < -0.3 is 14.5 Å². The average Bonchev–Trinajstić information content (AvgIpc) is 2.99. The Kier molecular flexibility index (Phi) is 4.81. The zero-order chi connectivity index (χ0) is 22.5. The second-order valence-corrected chi connectivity index (χ2v) is 9.30. The van der Waals surface area contributed by atoms with E-state index in [4.69, 9.17) is 4.74 Å². The van der Waals surface area contributed by atoms with Gasteiger partial charge in [-0.1, -0.05) is 68.4 Å². The van der Waals surface area contributed by atoms with Crippen LogP contribution in [0.5, 0.6) is 5.75 Å². The standard InChI is InChI=1S/C29H32N2O/c1-6-31(7-2)22-17-18-24-26(19-22)32-27(21-13-9-8-10-14-21)20-29(24)28(3,4)23-15-11-12-16-25(23)30(29)5/h8-20H,6-7H2,1-5H3. The van der Waals surface area contributed by atoms with Gasteiger partial charge in [0.1, 0.15) is 17.0 Å². The van der Waals surface area contributed by atoms with Crippen molar-refractivity contribution in [2.45, 2.75) is 38.6 Å². The number of nitrogens with zero attached hydrogens (tertiary/aromatic N) is 2. The summed E-state index contributed by atoms with van der Waals surface area (Å²) in [4.78, 5) is 4.82. The number of likely N-dealkylation sites (N-methyl/N-ethyl adjacent to an activating group) is 1. The fraction of sp³-hybridized carbons (Fsp3) is 0.310. The van der Waals surface area contributed by atoms with E-state index in [1.54, 1.807) is 0 Å². The van der Waals surface area contributed by atoms with Crippen LogP contribution in [-0.2, 0) is 11.0 Å². The van der Waals surface area contributed by atoms with Crippen LogP contribution in [0.25, 0.3) is 5.76 Å². The molecule has 0 bridgehead atoms. The van der Waals surface area contributed by atoms with Crippen LogP contribution < -0.4 is 14.5 Å². The Bertz CT molecular complexity index is 1180. The predicted octanol–water partition coefficient (Wildman–Crippen LogP) is 6.59. The number of benzene rings is 3. The molecule has 0 saturated carbocycles. The third-order valence-corrected chi connectivity index (χ3v) is 7.54. The summed E-state index contributed by atoms with van der Waals surface area (Å²) in [7, 11) is 2.22. The molecule has 3 aromatic carbocycles. The van der Waals surface area contributed by atoms with E-state index in [9.17, 15) is 0 Å². The highest BCUT2D eigenvalue weighted by atomic mass is 16.5. The number of ether oxygens (including phenoxy) is 1. The second kappa shape index (κ2) is 7.44. The van der Waals surface area contributed by atoms with Crippen LogP contribution in [0.1, 0.15) is 44.4 Å². The smallest absolute Gasteiger partial charge is 0.135 e. The quantitative estimate of drug-likeness (QED) is 0.470. The topological polar surface area (TPSA) is 15.7 Å². The van der Waals surface area contributed by atoms with Crippen LogP contribution in [0.2, 0.25) is 0 Å². The van der Waals surface area contributed by atoms with Gasteiger partial charge in [-0.2, -0.15) is 0 Å². The third kappa shape index (κ3) is 2.73. The summed E-state index contributed by atoms with van der Waals surface area (Å²) < 4.78 is 6.63. The average molecular weight is 425 g/mol. The van der Waals surface area contributed by atoms with Gasteiger partial charge in [-0.15, -0.1) is 0 Å². The molecule has 3 nitrogen and oxygen atoms in total. The van der Waals surface area contributed by atoms with Crippen LogP contribution in [0.3, 0.4) is 0 Å². The molecule has 0 N–H and O–H groups in total. The first-order chi connectivity index (χ1) is 15.4. The van der Waals surface area contributed by atoms with Crippen molar-refractivity contribution in [3.05, 3.63) is 95.6 Å². The maximum absolute atomic E-state index is 6.63. The van der Waals surface area contributed by atoms with Crippen LogP contribution in [0, 0.1) is 0 Å². The van der Waals surface area contributed by atoms with Crippen LogP contribution in [0.15, 0.2) is 78.9 Å². The lowest BCUT2D eigenvalue weighted by molar-refractivity contribution is 0.314. The summed E-state index contributed by atoms with van der Waals surface area (Å²) in [5.74, 6) is 1.87. The van der Waals surface area contributed by atoms with Crippen LogP contribution in [0.4, 0.5) is 11.4 Å². The lowest BCUT2D eigenvalue weighted by atomic mass is 9.65. The van der Waals surface area contributed by atoms with Gasteiger partial charge >= 0.3 is 0 Å². The minimum atomic E-state index is -0.350. The van der Waals surface area contributed by atoms with Crippen molar-refractivity contribution < 1.29 is 4.74 Å². The minimum absolute atomic E-state index is 0.145. The van der Waals surface area contributed by atoms with Gasteiger partial charge in [0.05, 0.1) is 0 Å². The number of hydrogen-bond acceptors (Lipinski definition) is 3. The van der Waals surface area contributed by atoms with Gasteiger partial charge in [-0.25, -0.2) is 0 Å². The van der Waals surface area contributed by atoms with Gasteiger partial charge in [-0.3, -0.25) is 0 Å². The van der Waals surface area contributed by atoms with E-state index in [2.05, 4.69) is 123 Å². The maximum atomic E-state index is 6.63. The normalized spacial score (nSPS) is 20.4. The SMILES string of the molecule is CCN(CC)c1ccc2c(c1)OC(c1ccccc1)=CC21N(C)c2ccccc2C1(C)C. The zero-order valence-electron chi connectivity index (χ0n) is 19.7. The predicted molar refractivity (Wildman–Crippen MR) is 135 cm³/mol. The highest BCUT2D eigenvalue weighted by molar-refractivity contribution is 5.78. The van der Waals surface area contributed by atoms with Gasteiger partial charge in [0.2, 0.25) is 0 Å². The summed E-state index contributed by atoms with van der Waals surface area (Å²) in [6.07, 6.45) is 2.35. The van der Waals surface area contributed by atoms with Crippen LogP contribution in [-0.4, -0.2) is 20.1 Å². The summed E-state index contributed by atoms with van der Waals surface area (Å²) in [6, 6.07) is 26.0. The molecule has 1 unspecified atom stereocenters. The molecule has 2 aliphatic heterocycles. The Balaban J connectivity index is 1.78. The fourth-order valence-corrected chi connectivity index (χ4v) is 5.76. The molecule has 2 heterocycles. The number of anilines is 2. The van der Waals surface area contributed by atoms with Crippen LogP contribution >= 0.6 is 0 Å². The zero-order valence-corrected chi connectivity index (χ0v) is 19.7. The monoisotopic (exact) mass is 424 g/mol. The van der Waals surface area contributed by atoms with E-state index in [0.29, 0.717) is 0 Å². The van der Waals surface area contributed by atoms with Gasteiger partial charge in [0.15, 0.2) is 0 Å². The van der Waals surface area contributed by atoms with E-state index < -0.39 is 0 Å². The van der Waals surface area contributed by atoms with E-state index in [1.807, 2.05) is 0 Å². The van der Waals surface area contributed by atoms with Gasteiger partial charge in [0.25, 0.3) is 0 Å². The van der Waals surface area contributed by atoms with Crippen molar-refractivity contribution in [3.8, 4) is 5.75 Å². The summed E-state index contributed by atoms with van der Waals surface area (Å²) in [5, 5.41) is 0. The Morgan fingerprint density at radius 2 is 1.53 bits per heavy atom. The van der Waals surface area contributed by atoms with Crippen molar-refractivity contribution in [1.82, 2.24) is 0 Å². The van der Waals surface area contributed by atoms with E-state index in [1.165, 1.54) is 22.5 Å². The molecule has 0 amide bonds. The molecular formula is C29H32N2O. The molecule has 3 aromatic rings. The van der Waals surface area contributed by atoms with Gasteiger partial charge in [0, 0.05) is 54.1 Å². The lowest BCUT2D eigenvalue weighted by Gasteiger charge is -2.48. The molecular weight excluding hydrogens is 392 g/mol. The highest BCUT2D eigenvalue weighted by Crippen LogP contribution is 2.61. The molecule has 1 atom stereocenters. The minimum Gasteiger partial charge on any atom is -0.457 e. The van der Waals surface area contributed by atoms with Gasteiger partial charge in [-0.05, 0) is 37.6 Å². The highest BCUT2D eigenvalue weighted by Gasteiger charge is 2.58. The fourth-order valence-electron chi connectivity index (χ4n) is 5.76. The molecule has 1 spiro atoms. The Hall–Kier alpha value is -3.20. The number of rotatable bonds is 4. The van der Waals surface area contributed by atoms with E-state index in [0.717, 1.165) is 30.2 Å². The summed E-state index contributed by atoms with van der Waals surface area (Å²) in [5.41, 5.74) is 5.68. The number of para-hydroxylation sites is 1. The molecule has 0 aromatic heterocycles. The van der Waals surface area contributed by atoms with Crippen molar-refractivity contribution in [2.24, 2.45) is 0 Å². The van der Waals surface area contributed by atoms with Crippen molar-refractivity contribution in [3.63, 3.8) is 0 Å². The first-order valence-electron chi connectivity index (χ1n) is 11.6. The first kappa shape index (κ1) is 20.7. The van der Waals surface area contributed by atoms with E-state index in [-0.39, 0.29) is 11.0 Å². The van der Waals surface area contributed by atoms with Crippen molar-refractivity contribution >= 4 is 17.1 Å². The molecule has 0 aliphatic carbocycles. The molecule has 0 fully saturated rings. The summed E-state index contributed by atoms with van der Waals surface area (Å²) >= 11 is 0. The third-order valence-electron chi connectivity index (χ3n) is 7.54. The van der Waals surface area contributed by atoms with Crippen molar-refractivity contribution in [2.75, 3.05) is 29.9 Å². The molecule has 5 rings (SSSR count). The summed E-state index contributed by atoms with van der Waals surface area (Å²) in [6.45, 7) is 11.1. The Labute approximate surface area is 191 Å². The molecule has 0 saturated heterocycles. The lowest BCUT2D eigenvalue weighted by Crippen LogP contribution is -2.51. The maximum Gasteiger partial charge on any atom is 0.135 e. The molecule has 32 heavy (non-hydrogen) atoms. The largest absolute Gasteiger partial charge is 0.457 e. The molecule has 3 heteroatoms. The molecule has 164 valence electrons. The first-order valence-corrected chi connectivity index (χ1v) is 11.6. The molecule has 0 radical (unpaired) electrons. The Morgan fingerprint density at radius 1 is 0.844 bits per heavy atom. The van der Waals surface area contributed by atoms with E-state index >= 15 is 0 Å². The Morgan fingerprint density at radius 3 is 2.22 bits per heavy atom. The van der Waals surface area contributed by atoms with Crippen molar-refractivity contribution in [1.29, 1.82) is 0 Å². The number of fused-ring (bicyclic) bond motifs is 3.